The Bertz CT molecular complexity index is 438. The Hall–Kier alpha value is -2.18. The molecular formula is C9H7FN4. The molecule has 0 fully saturated rings. The van der Waals surface area contributed by atoms with E-state index >= 15 is 0 Å². The fraction of sp³-hybridized carbons (Fsp3) is 0.111. The third-order valence-corrected chi connectivity index (χ3v) is 1.45. The third-order valence-electron chi connectivity index (χ3n) is 1.45. The van der Waals surface area contributed by atoms with Crippen LogP contribution in [0.15, 0.2) is 23.3 Å². The van der Waals surface area contributed by atoms with Crippen LogP contribution in [0.5, 0.6) is 0 Å². The average Bonchev–Trinajstić information content (AvgIpc) is 2.18. The minimum absolute atomic E-state index is 0.0719. The van der Waals surface area contributed by atoms with Gasteiger partial charge in [-0.25, -0.2) is 4.39 Å². The lowest BCUT2D eigenvalue weighted by Gasteiger charge is -1.95. The summed E-state index contributed by atoms with van der Waals surface area (Å²) in [4.78, 5) is 2.53. The molecule has 0 saturated carbocycles. The lowest BCUT2D eigenvalue weighted by atomic mass is 10.2. The fourth-order valence-electron chi connectivity index (χ4n) is 0.813. The molecule has 0 aliphatic rings. The Balaban J connectivity index is 2.80. The van der Waals surface area contributed by atoms with E-state index in [0.717, 1.165) is 0 Å². The Morgan fingerprint density at radius 1 is 1.57 bits per heavy atom. The third kappa shape index (κ3) is 2.70. The Kier molecular flexibility index (Phi) is 3.36. The summed E-state index contributed by atoms with van der Waals surface area (Å²) in [5, 5.41) is 3.22. The van der Waals surface area contributed by atoms with Crippen LogP contribution in [-0.4, -0.2) is 6.54 Å². The fourth-order valence-corrected chi connectivity index (χ4v) is 0.813. The molecule has 0 aliphatic carbocycles. The van der Waals surface area contributed by atoms with Crippen molar-refractivity contribution in [3.63, 3.8) is 0 Å². The van der Waals surface area contributed by atoms with Gasteiger partial charge in [-0.1, -0.05) is 17.0 Å². The Morgan fingerprint density at radius 3 is 3.00 bits per heavy atom. The number of azide groups is 1. The van der Waals surface area contributed by atoms with Crippen molar-refractivity contribution in [3.8, 4) is 11.8 Å². The first-order chi connectivity index (χ1) is 6.74. The van der Waals surface area contributed by atoms with Gasteiger partial charge in [-0.3, -0.25) is 0 Å². The van der Waals surface area contributed by atoms with Crippen molar-refractivity contribution in [1.82, 2.24) is 0 Å². The minimum Gasteiger partial charge on any atom is -0.396 e. The number of benzene rings is 1. The van der Waals surface area contributed by atoms with E-state index in [0.29, 0.717) is 5.56 Å². The number of anilines is 1. The maximum absolute atomic E-state index is 12.9. The average molecular weight is 190 g/mol. The first-order valence-electron chi connectivity index (χ1n) is 3.79. The first kappa shape index (κ1) is 9.90. The van der Waals surface area contributed by atoms with Gasteiger partial charge < -0.3 is 5.73 Å². The molecule has 0 heterocycles. The van der Waals surface area contributed by atoms with Gasteiger partial charge in [0.2, 0.25) is 0 Å². The van der Waals surface area contributed by atoms with Crippen molar-refractivity contribution >= 4 is 5.69 Å². The van der Waals surface area contributed by atoms with Crippen LogP contribution in [0.1, 0.15) is 5.56 Å². The standard InChI is InChI=1S/C9H7FN4/c10-8-6-7(3-4-9(8)11)2-1-5-13-14-12/h3-4,6H,5,11H2. The molecule has 0 amide bonds. The van der Waals surface area contributed by atoms with Gasteiger partial charge >= 0.3 is 0 Å². The number of halogens is 1. The van der Waals surface area contributed by atoms with E-state index in [1.807, 2.05) is 0 Å². The van der Waals surface area contributed by atoms with Crippen molar-refractivity contribution in [2.45, 2.75) is 0 Å². The highest BCUT2D eigenvalue weighted by molar-refractivity contribution is 5.46. The van der Waals surface area contributed by atoms with Crippen LogP contribution in [0, 0.1) is 17.7 Å². The van der Waals surface area contributed by atoms with E-state index in [9.17, 15) is 4.39 Å². The number of rotatable bonds is 1. The topological polar surface area (TPSA) is 74.8 Å². The second-order valence-corrected chi connectivity index (χ2v) is 2.43. The molecule has 0 radical (unpaired) electrons. The summed E-state index contributed by atoms with van der Waals surface area (Å²) in [6.45, 7) is 0.0719. The predicted octanol–water partition coefficient (Wildman–Crippen LogP) is 2.07. The van der Waals surface area contributed by atoms with Crippen LogP contribution >= 0.6 is 0 Å². The number of hydrogen-bond donors (Lipinski definition) is 1. The zero-order valence-electron chi connectivity index (χ0n) is 7.24. The molecule has 2 N–H and O–H groups in total. The van der Waals surface area contributed by atoms with Crippen molar-refractivity contribution < 1.29 is 4.39 Å². The van der Waals surface area contributed by atoms with Crippen LogP contribution in [-0.2, 0) is 0 Å². The van der Waals surface area contributed by atoms with Crippen LogP contribution in [0.4, 0.5) is 10.1 Å². The molecule has 70 valence electrons. The molecule has 0 aromatic heterocycles. The van der Waals surface area contributed by atoms with Gasteiger partial charge in [0.05, 0.1) is 12.2 Å². The molecule has 0 bridgehead atoms. The Morgan fingerprint density at radius 2 is 2.36 bits per heavy atom. The molecule has 0 saturated heterocycles. The molecule has 1 aromatic carbocycles. The maximum Gasteiger partial charge on any atom is 0.147 e. The van der Waals surface area contributed by atoms with Crippen LogP contribution in [0.2, 0.25) is 0 Å². The zero-order valence-corrected chi connectivity index (χ0v) is 7.24. The summed E-state index contributed by atoms with van der Waals surface area (Å²) in [6, 6.07) is 4.27. The van der Waals surface area contributed by atoms with Gasteiger partial charge in [0, 0.05) is 10.5 Å². The molecule has 1 aromatic rings. The molecular weight excluding hydrogens is 183 g/mol. The van der Waals surface area contributed by atoms with E-state index in [4.69, 9.17) is 11.3 Å². The summed E-state index contributed by atoms with van der Waals surface area (Å²) in [5.74, 6) is 4.71. The second kappa shape index (κ2) is 4.75. The molecule has 0 aliphatic heterocycles. The van der Waals surface area contributed by atoms with Gasteiger partial charge in [-0.15, -0.1) is 0 Å². The normalized spacial score (nSPS) is 8.36. The highest BCUT2D eigenvalue weighted by Gasteiger charge is 1.96. The van der Waals surface area contributed by atoms with Gasteiger partial charge in [0.25, 0.3) is 0 Å². The largest absolute Gasteiger partial charge is 0.396 e. The molecule has 14 heavy (non-hydrogen) atoms. The number of nitrogen functional groups attached to an aromatic ring is 1. The lowest BCUT2D eigenvalue weighted by molar-refractivity contribution is 0.632. The van der Waals surface area contributed by atoms with Gasteiger partial charge in [-0.05, 0) is 23.7 Å². The van der Waals surface area contributed by atoms with Crippen LogP contribution in [0.25, 0.3) is 10.4 Å². The van der Waals surface area contributed by atoms with Crippen LogP contribution in [0.3, 0.4) is 0 Å². The molecule has 0 unspecified atom stereocenters. The minimum atomic E-state index is -0.499. The summed E-state index contributed by atoms with van der Waals surface area (Å²) in [7, 11) is 0. The van der Waals surface area contributed by atoms with E-state index < -0.39 is 5.82 Å². The number of hydrogen-bond acceptors (Lipinski definition) is 2. The molecule has 0 spiro atoms. The van der Waals surface area contributed by atoms with Crippen molar-refractivity contribution in [2.75, 3.05) is 12.3 Å². The smallest absolute Gasteiger partial charge is 0.147 e. The van der Waals surface area contributed by atoms with E-state index in [1.165, 1.54) is 12.1 Å². The van der Waals surface area contributed by atoms with E-state index in [1.54, 1.807) is 6.07 Å². The monoisotopic (exact) mass is 190 g/mol. The van der Waals surface area contributed by atoms with E-state index in [-0.39, 0.29) is 12.2 Å². The lowest BCUT2D eigenvalue weighted by Crippen LogP contribution is -1.90. The molecule has 5 heteroatoms. The zero-order chi connectivity index (χ0) is 10.4. The SMILES string of the molecule is [N-]=[N+]=NCC#Cc1ccc(N)c(F)c1. The second-order valence-electron chi connectivity index (χ2n) is 2.43. The molecule has 0 atom stereocenters. The van der Waals surface area contributed by atoms with Gasteiger partial charge in [0.1, 0.15) is 5.82 Å². The van der Waals surface area contributed by atoms with E-state index in [2.05, 4.69) is 21.9 Å². The summed E-state index contributed by atoms with van der Waals surface area (Å²) in [5.41, 5.74) is 13.8. The quantitative estimate of drug-likeness (QED) is 0.238. The molecule has 4 nitrogen and oxygen atoms in total. The highest BCUT2D eigenvalue weighted by Crippen LogP contribution is 2.10. The Labute approximate surface area is 80.2 Å². The van der Waals surface area contributed by atoms with Gasteiger partial charge in [-0.2, -0.15) is 0 Å². The van der Waals surface area contributed by atoms with Crippen molar-refractivity contribution in [2.24, 2.45) is 5.11 Å². The first-order valence-corrected chi connectivity index (χ1v) is 3.79. The van der Waals surface area contributed by atoms with Gasteiger partial charge in [0.15, 0.2) is 0 Å². The molecule has 1 rings (SSSR count). The highest BCUT2D eigenvalue weighted by atomic mass is 19.1. The predicted molar refractivity (Wildman–Crippen MR) is 51.7 cm³/mol. The maximum atomic E-state index is 12.9. The summed E-state index contributed by atoms with van der Waals surface area (Å²) < 4.78 is 12.9. The summed E-state index contributed by atoms with van der Waals surface area (Å²) in [6.07, 6.45) is 0. The number of nitrogens with zero attached hydrogens (tertiary/aromatic N) is 3. The number of nitrogens with two attached hydrogens (primary N) is 1. The van der Waals surface area contributed by atoms with Crippen molar-refractivity contribution in [1.29, 1.82) is 0 Å². The van der Waals surface area contributed by atoms with Crippen LogP contribution < -0.4 is 5.73 Å². The summed E-state index contributed by atoms with van der Waals surface area (Å²) >= 11 is 0. The van der Waals surface area contributed by atoms with Crippen molar-refractivity contribution in [3.05, 3.63) is 40.0 Å².